The summed E-state index contributed by atoms with van der Waals surface area (Å²) in [4.78, 5) is 25.1. The number of fused-ring (bicyclic) bond motifs is 1. The number of nitrogens with zero attached hydrogens (tertiary/aromatic N) is 2. The minimum absolute atomic E-state index is 0.00759. The molecule has 2 aromatic rings. The molecule has 1 amide bonds. The van der Waals surface area contributed by atoms with E-state index in [4.69, 9.17) is 5.11 Å². The Labute approximate surface area is 157 Å². The zero-order valence-corrected chi connectivity index (χ0v) is 15.0. The fraction of sp³-hybridized carbons (Fsp3) is 0.316. The average molecular weight is 370 g/mol. The van der Waals surface area contributed by atoms with Gasteiger partial charge in [0.25, 0.3) is 5.69 Å². The highest BCUT2D eigenvalue weighted by Crippen LogP contribution is 2.32. The van der Waals surface area contributed by atoms with Gasteiger partial charge in [0.05, 0.1) is 29.4 Å². The lowest BCUT2D eigenvalue weighted by atomic mass is 10.1. The van der Waals surface area contributed by atoms with Gasteiger partial charge in [-0.3, -0.25) is 14.9 Å². The molecule has 0 unspecified atom stereocenters. The van der Waals surface area contributed by atoms with E-state index in [1.54, 1.807) is 11.0 Å². The Hall–Kier alpha value is -3.13. The quantitative estimate of drug-likeness (QED) is 0.510. The third kappa shape index (κ3) is 4.01. The minimum atomic E-state index is -0.485. The second-order valence-corrected chi connectivity index (χ2v) is 6.44. The number of nitro benzene ring substituents is 1. The van der Waals surface area contributed by atoms with Gasteiger partial charge in [-0.2, -0.15) is 0 Å². The van der Waals surface area contributed by atoms with Crippen molar-refractivity contribution >= 4 is 28.7 Å². The number of hydrogen-bond donors (Lipinski definition) is 3. The fourth-order valence-electron chi connectivity index (χ4n) is 3.34. The van der Waals surface area contributed by atoms with Gasteiger partial charge in [-0.1, -0.05) is 18.2 Å². The summed E-state index contributed by atoms with van der Waals surface area (Å²) in [5.74, 6) is -0.105. The van der Waals surface area contributed by atoms with Crippen molar-refractivity contribution in [3.63, 3.8) is 0 Å². The molecule has 0 spiro atoms. The zero-order chi connectivity index (χ0) is 19.4. The molecule has 8 heteroatoms. The van der Waals surface area contributed by atoms with Crippen molar-refractivity contribution in [3.05, 3.63) is 58.1 Å². The molecule has 0 saturated heterocycles. The predicted octanol–water partition coefficient (Wildman–Crippen LogP) is 2.39. The number of carbonyl (C=O) groups is 1. The maximum atomic E-state index is 12.8. The van der Waals surface area contributed by atoms with Gasteiger partial charge in [-0.15, -0.1) is 0 Å². The summed E-state index contributed by atoms with van der Waals surface area (Å²) in [5, 5.41) is 26.0. The number of aliphatic hydroxyl groups excluding tert-OH is 1. The zero-order valence-electron chi connectivity index (χ0n) is 15.0. The molecule has 2 aromatic carbocycles. The molecule has 0 radical (unpaired) electrons. The van der Waals surface area contributed by atoms with Crippen LogP contribution in [0.15, 0.2) is 42.5 Å². The van der Waals surface area contributed by atoms with Crippen LogP contribution in [0.25, 0.3) is 0 Å². The average Bonchev–Trinajstić information content (AvgIpc) is 3.00. The summed E-state index contributed by atoms with van der Waals surface area (Å²) in [6.07, 6.45) is 0.808. The predicted molar refractivity (Wildman–Crippen MR) is 104 cm³/mol. The van der Waals surface area contributed by atoms with Crippen LogP contribution in [0, 0.1) is 10.1 Å². The van der Waals surface area contributed by atoms with Gasteiger partial charge in [0, 0.05) is 30.4 Å². The van der Waals surface area contributed by atoms with E-state index < -0.39 is 4.92 Å². The Morgan fingerprint density at radius 3 is 2.78 bits per heavy atom. The van der Waals surface area contributed by atoms with Gasteiger partial charge in [0.15, 0.2) is 0 Å². The smallest absolute Gasteiger partial charge is 0.271 e. The molecule has 3 N–H and O–H groups in total. The molecule has 8 nitrogen and oxygen atoms in total. The monoisotopic (exact) mass is 370 g/mol. The second-order valence-electron chi connectivity index (χ2n) is 6.44. The molecule has 0 saturated carbocycles. The molecule has 0 bridgehead atoms. The Morgan fingerprint density at radius 2 is 2.04 bits per heavy atom. The van der Waals surface area contributed by atoms with E-state index in [0.29, 0.717) is 17.9 Å². The van der Waals surface area contributed by atoms with Crippen LogP contribution in [-0.2, 0) is 11.2 Å². The number of non-ortho nitro benzene ring substituents is 1. The molecule has 1 atom stereocenters. The van der Waals surface area contributed by atoms with Crippen LogP contribution in [0.1, 0.15) is 12.5 Å². The Bertz CT molecular complexity index is 855. The summed E-state index contributed by atoms with van der Waals surface area (Å²) >= 11 is 0. The van der Waals surface area contributed by atoms with E-state index in [-0.39, 0.29) is 30.8 Å². The van der Waals surface area contributed by atoms with Crippen LogP contribution in [0.4, 0.5) is 22.7 Å². The maximum Gasteiger partial charge on any atom is 0.271 e. The maximum absolute atomic E-state index is 12.8. The van der Waals surface area contributed by atoms with E-state index in [2.05, 4.69) is 10.6 Å². The van der Waals surface area contributed by atoms with Crippen molar-refractivity contribution in [2.24, 2.45) is 0 Å². The molecular weight excluding hydrogens is 348 g/mol. The van der Waals surface area contributed by atoms with E-state index in [0.717, 1.165) is 17.7 Å². The molecule has 1 aliphatic heterocycles. The number of benzene rings is 2. The van der Waals surface area contributed by atoms with Crippen LogP contribution in [0.2, 0.25) is 0 Å². The molecule has 0 aliphatic carbocycles. The van der Waals surface area contributed by atoms with Gasteiger partial charge >= 0.3 is 0 Å². The van der Waals surface area contributed by atoms with Gasteiger partial charge in [-0.05, 0) is 31.0 Å². The minimum Gasteiger partial charge on any atom is -0.395 e. The third-order valence-corrected chi connectivity index (χ3v) is 4.55. The highest BCUT2D eigenvalue weighted by Gasteiger charge is 2.30. The molecule has 1 aliphatic rings. The molecule has 3 rings (SSSR count). The van der Waals surface area contributed by atoms with Crippen LogP contribution in [0.5, 0.6) is 0 Å². The third-order valence-electron chi connectivity index (χ3n) is 4.55. The van der Waals surface area contributed by atoms with Gasteiger partial charge < -0.3 is 20.6 Å². The number of para-hydroxylation sites is 1. The number of hydrogen-bond acceptors (Lipinski definition) is 6. The number of aliphatic hydroxyl groups is 1. The number of rotatable bonds is 7. The number of amides is 1. The van der Waals surface area contributed by atoms with Crippen molar-refractivity contribution < 1.29 is 14.8 Å². The lowest BCUT2D eigenvalue weighted by molar-refractivity contribution is -0.384. The van der Waals surface area contributed by atoms with E-state index in [1.165, 1.54) is 12.1 Å². The second kappa shape index (κ2) is 8.05. The first-order chi connectivity index (χ1) is 13.0. The molecule has 0 fully saturated rings. The van der Waals surface area contributed by atoms with Crippen LogP contribution in [0.3, 0.4) is 0 Å². The molecule has 1 heterocycles. The normalized spacial score (nSPS) is 15.3. The first kappa shape index (κ1) is 18.7. The van der Waals surface area contributed by atoms with E-state index in [9.17, 15) is 14.9 Å². The topological polar surface area (TPSA) is 108 Å². The van der Waals surface area contributed by atoms with Crippen molar-refractivity contribution in [1.82, 2.24) is 0 Å². The summed E-state index contributed by atoms with van der Waals surface area (Å²) in [7, 11) is 0. The largest absolute Gasteiger partial charge is 0.395 e. The van der Waals surface area contributed by atoms with Crippen molar-refractivity contribution in [3.8, 4) is 0 Å². The van der Waals surface area contributed by atoms with Crippen LogP contribution >= 0.6 is 0 Å². The van der Waals surface area contributed by atoms with Crippen molar-refractivity contribution in [1.29, 1.82) is 0 Å². The molecular formula is C19H22N4O4. The molecule has 0 aromatic heterocycles. The number of nitrogens with one attached hydrogen (secondary N) is 2. The molecule has 27 heavy (non-hydrogen) atoms. The van der Waals surface area contributed by atoms with Gasteiger partial charge in [0.2, 0.25) is 5.91 Å². The standard InChI is InChI=1S/C19H22N4O4/c1-13-10-14-4-2-3-5-18(14)22(13)19(25)12-21-17-11-15(23(26)27)6-7-16(17)20-8-9-24/h2-7,11,13,20-21,24H,8-10,12H2,1H3/t13-/m0/s1. The SMILES string of the molecule is C[C@H]1Cc2ccccc2N1C(=O)CNc1cc([N+](=O)[O-])ccc1NCCO. The van der Waals surface area contributed by atoms with Gasteiger partial charge in [-0.25, -0.2) is 0 Å². The summed E-state index contributed by atoms with van der Waals surface area (Å²) in [6.45, 7) is 2.24. The summed E-state index contributed by atoms with van der Waals surface area (Å²) < 4.78 is 0. The Kier molecular flexibility index (Phi) is 5.56. The first-order valence-electron chi connectivity index (χ1n) is 8.78. The van der Waals surface area contributed by atoms with Crippen LogP contribution in [-0.4, -0.2) is 41.7 Å². The Morgan fingerprint density at radius 1 is 1.26 bits per heavy atom. The number of nitro groups is 1. The van der Waals surface area contributed by atoms with Crippen molar-refractivity contribution in [2.75, 3.05) is 35.2 Å². The summed E-state index contributed by atoms with van der Waals surface area (Å²) in [5.41, 5.74) is 3.02. The Balaban J connectivity index is 1.76. The lowest BCUT2D eigenvalue weighted by Gasteiger charge is -2.23. The fourth-order valence-corrected chi connectivity index (χ4v) is 3.34. The first-order valence-corrected chi connectivity index (χ1v) is 8.78. The number of carbonyl (C=O) groups excluding carboxylic acids is 1. The lowest BCUT2D eigenvalue weighted by Crippen LogP contribution is -2.39. The molecule has 142 valence electrons. The number of anilines is 3. The highest BCUT2D eigenvalue weighted by molar-refractivity contribution is 5.99. The van der Waals surface area contributed by atoms with E-state index in [1.807, 2.05) is 31.2 Å². The van der Waals surface area contributed by atoms with Crippen LogP contribution < -0.4 is 15.5 Å². The van der Waals surface area contributed by atoms with Gasteiger partial charge in [0.1, 0.15) is 0 Å². The van der Waals surface area contributed by atoms with E-state index >= 15 is 0 Å². The summed E-state index contributed by atoms with van der Waals surface area (Å²) in [6, 6.07) is 12.2. The van der Waals surface area contributed by atoms with Crippen molar-refractivity contribution in [2.45, 2.75) is 19.4 Å². The highest BCUT2D eigenvalue weighted by atomic mass is 16.6.